The van der Waals surface area contributed by atoms with Crippen LogP contribution in [0.3, 0.4) is 0 Å². The van der Waals surface area contributed by atoms with Crippen LogP contribution in [0.25, 0.3) is 0 Å². The van der Waals surface area contributed by atoms with Gasteiger partial charge in [0.05, 0.1) is 12.0 Å². The largest absolute Gasteiger partial charge is 0.497 e. The van der Waals surface area contributed by atoms with Crippen LogP contribution >= 0.6 is 0 Å². The molecule has 1 N–H and O–H groups in total. The Morgan fingerprint density at radius 1 is 1.15 bits per heavy atom. The number of allylic oxidation sites excluding steroid dienone is 1. The van der Waals surface area contributed by atoms with Crippen LogP contribution in [-0.4, -0.2) is 21.4 Å². The average molecular weight is 385 g/mol. The molecule has 0 aliphatic heterocycles. The molecule has 2 aromatic rings. The molecule has 0 radical (unpaired) electrons. The molecule has 1 atom stereocenters. The van der Waals surface area contributed by atoms with E-state index in [9.17, 15) is 13.2 Å². The van der Waals surface area contributed by atoms with Gasteiger partial charge in [0, 0.05) is 11.5 Å². The van der Waals surface area contributed by atoms with Crippen LogP contribution in [-0.2, 0) is 14.8 Å². The van der Waals surface area contributed by atoms with E-state index in [0.717, 1.165) is 11.1 Å². The van der Waals surface area contributed by atoms with Crippen molar-refractivity contribution >= 4 is 15.9 Å². The van der Waals surface area contributed by atoms with Gasteiger partial charge in [0.25, 0.3) is 15.9 Å². The van der Waals surface area contributed by atoms with Crippen LogP contribution in [0, 0.1) is 6.92 Å². The fourth-order valence-corrected chi connectivity index (χ4v) is 3.59. The van der Waals surface area contributed by atoms with Crippen LogP contribution in [0.1, 0.15) is 23.5 Å². The summed E-state index contributed by atoms with van der Waals surface area (Å²) >= 11 is 0. The zero-order valence-corrected chi connectivity index (χ0v) is 16.3. The van der Waals surface area contributed by atoms with Crippen molar-refractivity contribution in [3.8, 4) is 5.75 Å². The van der Waals surface area contributed by atoms with Crippen molar-refractivity contribution in [1.29, 1.82) is 0 Å². The van der Waals surface area contributed by atoms with Crippen molar-refractivity contribution in [2.45, 2.75) is 24.2 Å². The number of nitrogens with one attached hydrogen (secondary N) is 1. The molecule has 2 rings (SSSR count). The second-order valence-electron chi connectivity index (χ2n) is 6.12. The Bertz CT molecular complexity index is 929. The van der Waals surface area contributed by atoms with E-state index in [2.05, 4.69) is 17.9 Å². The zero-order chi connectivity index (χ0) is 20.0. The van der Waals surface area contributed by atoms with Gasteiger partial charge in [-0.05, 0) is 43.2 Å². The molecular weight excluding hydrogens is 362 g/mol. The third-order valence-corrected chi connectivity index (χ3v) is 5.54. The van der Waals surface area contributed by atoms with E-state index in [1.807, 2.05) is 19.1 Å². The molecule has 0 bridgehead atoms. The predicted octanol–water partition coefficient (Wildman–Crippen LogP) is 3.72. The summed E-state index contributed by atoms with van der Waals surface area (Å²) in [6.45, 7) is 9.40. The Morgan fingerprint density at radius 2 is 1.74 bits per heavy atom. The molecule has 142 valence electrons. The van der Waals surface area contributed by atoms with Crippen molar-refractivity contribution < 1.29 is 17.9 Å². The van der Waals surface area contributed by atoms with E-state index in [1.54, 1.807) is 37.5 Å². The number of ether oxygens (including phenoxy) is 1. The summed E-state index contributed by atoms with van der Waals surface area (Å²) in [6, 6.07) is 13.5. The summed E-state index contributed by atoms with van der Waals surface area (Å²) in [5, 5.41) is 0. The molecule has 0 heterocycles. The van der Waals surface area contributed by atoms with Gasteiger partial charge in [-0.15, -0.1) is 6.58 Å². The molecule has 0 aromatic heterocycles. The molecule has 0 saturated heterocycles. The van der Waals surface area contributed by atoms with Gasteiger partial charge < -0.3 is 4.74 Å². The normalized spacial score (nSPS) is 12.1. The highest BCUT2D eigenvalue weighted by Crippen LogP contribution is 2.29. The fraction of sp³-hybridized carbons (Fsp3) is 0.190. The van der Waals surface area contributed by atoms with Gasteiger partial charge in [0.1, 0.15) is 5.75 Å². The van der Waals surface area contributed by atoms with Crippen LogP contribution in [0.2, 0.25) is 0 Å². The number of benzene rings is 2. The monoisotopic (exact) mass is 385 g/mol. The molecule has 27 heavy (non-hydrogen) atoms. The van der Waals surface area contributed by atoms with Crippen molar-refractivity contribution in [1.82, 2.24) is 4.72 Å². The first kappa shape index (κ1) is 20.5. The average Bonchev–Trinajstić information content (AvgIpc) is 2.65. The first-order chi connectivity index (χ1) is 12.8. The number of aryl methyl sites for hydroxylation is 1. The summed E-state index contributed by atoms with van der Waals surface area (Å²) < 4.78 is 32.1. The highest BCUT2D eigenvalue weighted by Gasteiger charge is 2.24. The standard InChI is InChI=1S/C21H23NO4S/c1-5-6-20(17-9-11-18(26-4)12-10-17)16(3)21(23)22-27(24,25)19-13-7-15(2)8-14-19/h5,7-14,20H,1,3,6H2,2,4H3,(H,22,23)/t20-/m1/s1. The second-order valence-corrected chi connectivity index (χ2v) is 7.81. The topological polar surface area (TPSA) is 72.5 Å². The van der Waals surface area contributed by atoms with Crippen LogP contribution < -0.4 is 9.46 Å². The molecular formula is C21H23NO4S. The molecule has 0 unspecified atom stereocenters. The lowest BCUT2D eigenvalue weighted by Gasteiger charge is -2.18. The summed E-state index contributed by atoms with van der Waals surface area (Å²) in [7, 11) is -2.40. The fourth-order valence-electron chi connectivity index (χ4n) is 2.60. The maximum Gasteiger partial charge on any atom is 0.264 e. The summed E-state index contributed by atoms with van der Waals surface area (Å²) in [4.78, 5) is 12.6. The Kier molecular flexibility index (Phi) is 6.58. The quantitative estimate of drug-likeness (QED) is 0.555. The Labute approximate surface area is 160 Å². The van der Waals surface area contributed by atoms with Crippen LogP contribution in [0.4, 0.5) is 0 Å². The van der Waals surface area contributed by atoms with Gasteiger partial charge in [0.2, 0.25) is 0 Å². The first-order valence-corrected chi connectivity index (χ1v) is 9.84. The van der Waals surface area contributed by atoms with Gasteiger partial charge in [-0.3, -0.25) is 4.79 Å². The van der Waals surface area contributed by atoms with Gasteiger partial charge in [-0.1, -0.05) is 42.5 Å². The Hall–Kier alpha value is -2.86. The highest BCUT2D eigenvalue weighted by atomic mass is 32.2. The number of methoxy groups -OCH3 is 1. The van der Waals surface area contributed by atoms with Crippen molar-refractivity contribution in [2.24, 2.45) is 0 Å². The lowest BCUT2D eigenvalue weighted by atomic mass is 9.88. The minimum atomic E-state index is -3.97. The van der Waals surface area contributed by atoms with E-state index >= 15 is 0 Å². The predicted molar refractivity (Wildman–Crippen MR) is 106 cm³/mol. The van der Waals surface area contributed by atoms with Crippen molar-refractivity contribution in [2.75, 3.05) is 7.11 Å². The smallest absolute Gasteiger partial charge is 0.264 e. The van der Waals surface area contributed by atoms with Gasteiger partial charge >= 0.3 is 0 Å². The van der Waals surface area contributed by atoms with E-state index in [1.165, 1.54) is 12.1 Å². The first-order valence-electron chi connectivity index (χ1n) is 8.36. The third kappa shape index (κ3) is 5.08. The van der Waals surface area contributed by atoms with Crippen LogP contribution in [0.5, 0.6) is 5.75 Å². The van der Waals surface area contributed by atoms with E-state index in [4.69, 9.17) is 4.74 Å². The second kappa shape index (κ2) is 8.68. The van der Waals surface area contributed by atoms with E-state index in [-0.39, 0.29) is 16.4 Å². The van der Waals surface area contributed by atoms with Gasteiger partial charge in [0.15, 0.2) is 0 Å². The lowest BCUT2D eigenvalue weighted by molar-refractivity contribution is -0.116. The third-order valence-electron chi connectivity index (χ3n) is 4.19. The highest BCUT2D eigenvalue weighted by molar-refractivity contribution is 7.90. The Balaban J connectivity index is 2.22. The van der Waals surface area contributed by atoms with Gasteiger partial charge in [-0.25, -0.2) is 13.1 Å². The number of rotatable bonds is 8. The lowest BCUT2D eigenvalue weighted by Crippen LogP contribution is -2.33. The minimum Gasteiger partial charge on any atom is -0.497 e. The van der Waals surface area contributed by atoms with Gasteiger partial charge in [-0.2, -0.15) is 0 Å². The summed E-state index contributed by atoms with van der Waals surface area (Å²) in [5.74, 6) is -0.437. The summed E-state index contributed by atoms with van der Waals surface area (Å²) in [5.41, 5.74) is 1.90. The number of carbonyl (C=O) groups is 1. The van der Waals surface area contributed by atoms with E-state index in [0.29, 0.717) is 12.2 Å². The maximum atomic E-state index is 12.6. The maximum absolute atomic E-state index is 12.6. The molecule has 0 saturated carbocycles. The van der Waals surface area contributed by atoms with Crippen molar-refractivity contribution in [3.05, 3.63) is 84.5 Å². The van der Waals surface area contributed by atoms with Crippen molar-refractivity contribution in [3.63, 3.8) is 0 Å². The molecule has 0 fully saturated rings. The minimum absolute atomic E-state index is 0.0268. The van der Waals surface area contributed by atoms with E-state index < -0.39 is 15.9 Å². The molecule has 0 aliphatic carbocycles. The molecule has 2 aromatic carbocycles. The number of carbonyl (C=O) groups excluding carboxylic acids is 1. The number of amides is 1. The Morgan fingerprint density at radius 3 is 2.26 bits per heavy atom. The summed E-state index contributed by atoms with van der Waals surface area (Å²) in [6.07, 6.45) is 2.12. The van der Waals surface area contributed by atoms with Crippen LogP contribution in [0.15, 0.2) is 78.2 Å². The number of hydrogen-bond acceptors (Lipinski definition) is 4. The SMILES string of the molecule is C=CC[C@H](C(=C)C(=O)NS(=O)(=O)c1ccc(C)cc1)c1ccc(OC)cc1. The molecule has 0 spiro atoms. The number of sulfonamides is 1. The molecule has 5 nitrogen and oxygen atoms in total. The molecule has 6 heteroatoms. The number of hydrogen-bond donors (Lipinski definition) is 1. The molecule has 0 aliphatic rings. The molecule has 1 amide bonds. The zero-order valence-electron chi connectivity index (χ0n) is 15.4.